The van der Waals surface area contributed by atoms with Crippen LogP contribution in [-0.2, 0) is 83.2 Å². The highest BCUT2D eigenvalue weighted by atomic mass is 16.4. The van der Waals surface area contributed by atoms with E-state index in [4.69, 9.17) is 28.3 Å². The average molecular weight is 1320 g/mol. The second-order valence-electron chi connectivity index (χ2n) is 22.8. The largest absolute Gasteiger partial charge is 0.508 e. The Kier molecular flexibility index (Phi) is 28.9. The van der Waals surface area contributed by atoms with Gasteiger partial charge in [-0.3, -0.25) is 58.1 Å². The summed E-state index contributed by atoms with van der Waals surface area (Å²) in [5.41, 5.74) is 25.1. The number of hydrogen-bond donors (Lipinski definition) is 20. The number of phenols is 2. The van der Waals surface area contributed by atoms with E-state index in [0.717, 1.165) is 0 Å². The number of aromatic nitrogens is 1. The van der Waals surface area contributed by atoms with Crippen molar-refractivity contribution < 1.29 is 78.0 Å². The summed E-state index contributed by atoms with van der Waals surface area (Å²) < 4.78 is 0. The van der Waals surface area contributed by atoms with Crippen molar-refractivity contribution in [3.63, 3.8) is 0 Å². The molecule has 5 aromatic rings. The molecule has 0 unspecified atom stereocenters. The van der Waals surface area contributed by atoms with E-state index >= 15 is 0 Å². The van der Waals surface area contributed by atoms with Gasteiger partial charge in [0.2, 0.25) is 65.0 Å². The lowest BCUT2D eigenvalue weighted by molar-refractivity contribution is -0.142. The number of aromatic amines is 1. The van der Waals surface area contributed by atoms with Gasteiger partial charge in [0.1, 0.15) is 59.8 Å². The minimum Gasteiger partial charge on any atom is -0.508 e. The summed E-state index contributed by atoms with van der Waals surface area (Å²) in [5, 5.41) is 72.5. The van der Waals surface area contributed by atoms with Crippen LogP contribution in [0.5, 0.6) is 11.5 Å². The molecule has 510 valence electrons. The number of carbonyl (C=O) groups excluding carboxylic acids is 11. The van der Waals surface area contributed by atoms with Gasteiger partial charge in [0, 0.05) is 42.9 Å². The lowest BCUT2D eigenvalue weighted by Crippen LogP contribution is -2.61. The van der Waals surface area contributed by atoms with Crippen LogP contribution in [0.25, 0.3) is 10.9 Å². The van der Waals surface area contributed by atoms with Crippen molar-refractivity contribution in [3.05, 3.63) is 132 Å². The Morgan fingerprint density at radius 3 is 1.51 bits per heavy atom. The van der Waals surface area contributed by atoms with Gasteiger partial charge in [0.15, 0.2) is 5.96 Å². The van der Waals surface area contributed by atoms with E-state index in [1.165, 1.54) is 48.5 Å². The molecule has 0 saturated heterocycles. The number of carboxylic acids is 1. The van der Waals surface area contributed by atoms with E-state index < -0.39 is 151 Å². The molecule has 0 saturated carbocycles. The number of H-pyrrole nitrogens is 1. The van der Waals surface area contributed by atoms with Crippen molar-refractivity contribution in [3.8, 4) is 11.5 Å². The minimum absolute atomic E-state index is 0.00163. The Morgan fingerprint density at radius 1 is 0.495 bits per heavy atom. The quantitative estimate of drug-likeness (QED) is 0.0103. The third-order valence-electron chi connectivity index (χ3n) is 14.7. The molecule has 9 atom stereocenters. The summed E-state index contributed by atoms with van der Waals surface area (Å²) in [6, 6.07) is 12.2. The van der Waals surface area contributed by atoms with E-state index in [2.05, 4.69) is 58.2 Å². The zero-order chi connectivity index (χ0) is 69.9. The predicted octanol–water partition coefficient (Wildman–Crippen LogP) is -3.69. The molecule has 0 aliphatic rings. The number of nitrogens with two attached hydrogens (primary N) is 4. The van der Waals surface area contributed by atoms with Gasteiger partial charge in [0.05, 0.1) is 32.0 Å². The molecule has 0 aliphatic heterocycles. The molecule has 0 bridgehead atoms. The Morgan fingerprint density at radius 2 is 0.947 bits per heavy atom. The van der Waals surface area contributed by atoms with Crippen LogP contribution >= 0.6 is 0 Å². The topological polar surface area (TPSA) is 550 Å². The number of amides is 11. The molecule has 0 fully saturated rings. The zero-order valence-corrected chi connectivity index (χ0v) is 52.1. The normalized spacial score (nSPS) is 13.9. The summed E-state index contributed by atoms with van der Waals surface area (Å²) in [4.78, 5) is 166. The van der Waals surface area contributed by atoms with Crippen molar-refractivity contribution in [2.45, 2.75) is 126 Å². The Bertz CT molecular complexity index is 3520. The fraction of sp³-hybridized carbons (Fsp3) is 0.381. The van der Waals surface area contributed by atoms with Crippen LogP contribution in [0.4, 0.5) is 0 Å². The first-order valence-corrected chi connectivity index (χ1v) is 30.2. The first-order chi connectivity index (χ1) is 45.1. The number of aromatic hydroxyl groups is 2. The molecule has 0 radical (unpaired) electrons. The predicted molar refractivity (Wildman–Crippen MR) is 343 cm³/mol. The fourth-order valence-corrected chi connectivity index (χ4v) is 9.80. The van der Waals surface area contributed by atoms with Crippen molar-refractivity contribution in [1.29, 1.82) is 5.41 Å². The number of guanidine groups is 1. The molecular weight excluding hydrogens is 1240 g/mol. The molecule has 5 rings (SSSR count). The lowest BCUT2D eigenvalue weighted by Gasteiger charge is -2.27. The van der Waals surface area contributed by atoms with Crippen LogP contribution in [0, 0.1) is 11.3 Å². The number of carboxylic acid groups (broad SMARTS) is 1. The summed E-state index contributed by atoms with van der Waals surface area (Å²) in [6.07, 6.45) is -0.914. The van der Waals surface area contributed by atoms with Crippen LogP contribution < -0.4 is 76.1 Å². The first-order valence-electron chi connectivity index (χ1n) is 30.2. The van der Waals surface area contributed by atoms with E-state index in [1.807, 2.05) is 0 Å². The van der Waals surface area contributed by atoms with Gasteiger partial charge in [-0.2, -0.15) is 0 Å². The van der Waals surface area contributed by atoms with Crippen molar-refractivity contribution in [2.75, 3.05) is 19.7 Å². The van der Waals surface area contributed by atoms with Crippen LogP contribution in [0.15, 0.2) is 109 Å². The van der Waals surface area contributed by atoms with Gasteiger partial charge in [-0.15, -0.1) is 0 Å². The maximum atomic E-state index is 14.5. The van der Waals surface area contributed by atoms with E-state index in [9.17, 15) is 78.0 Å². The molecule has 0 aliphatic carbocycles. The molecule has 32 heteroatoms. The molecule has 1 heterocycles. The van der Waals surface area contributed by atoms with Crippen LogP contribution in [0.1, 0.15) is 68.2 Å². The van der Waals surface area contributed by atoms with Gasteiger partial charge in [-0.25, -0.2) is 4.79 Å². The van der Waals surface area contributed by atoms with Crippen LogP contribution in [-0.4, -0.2) is 176 Å². The molecule has 24 N–H and O–H groups in total. The van der Waals surface area contributed by atoms with Crippen LogP contribution in [0.3, 0.4) is 0 Å². The highest BCUT2D eigenvalue weighted by Crippen LogP contribution is 2.20. The Labute approximate surface area is 545 Å². The molecule has 4 aromatic carbocycles. The number of aliphatic hydroxyl groups is 1. The van der Waals surface area contributed by atoms with Crippen LogP contribution in [0.2, 0.25) is 0 Å². The number of aliphatic carboxylic acids is 1. The number of para-hydroxylation sites is 1. The number of rotatable bonds is 38. The lowest BCUT2D eigenvalue weighted by atomic mass is 10.0. The SMILES string of the molecule is CC(C)C[C@H](NC(=O)CNC(=O)[C@H](Cc1ccccc1)NC(=O)[C@H](CO)NC(=O)[C@H](CC(N)=O)NC(=O)[C@H](Cc1c[nH]c2ccccc12)NC(=O)[C@H](CC(N)=O)NC(=O)[C@@H](N)Cc1ccc(O)cc1)C(=O)N[C@@H](CCCNC(=N)N)C(=O)N[C@@H](Cc1ccc(O)cc1)C(=O)O. The monoisotopic (exact) mass is 1320 g/mol. The third-order valence-corrected chi connectivity index (χ3v) is 14.7. The maximum Gasteiger partial charge on any atom is 0.326 e. The highest BCUT2D eigenvalue weighted by Gasteiger charge is 2.36. The molecular formula is C63H82N16O16. The summed E-state index contributed by atoms with van der Waals surface area (Å²) in [7, 11) is 0. The summed E-state index contributed by atoms with van der Waals surface area (Å²) in [5.74, 6) is -13.5. The molecule has 32 nitrogen and oxygen atoms in total. The maximum absolute atomic E-state index is 14.5. The Balaban J connectivity index is 1.30. The van der Waals surface area contributed by atoms with E-state index in [1.54, 1.807) is 74.6 Å². The van der Waals surface area contributed by atoms with Crippen molar-refractivity contribution >= 4 is 87.8 Å². The number of aliphatic hydroxyl groups excluding tert-OH is 1. The summed E-state index contributed by atoms with van der Waals surface area (Å²) >= 11 is 0. The second-order valence-corrected chi connectivity index (χ2v) is 22.8. The minimum atomic E-state index is -1.92. The van der Waals surface area contributed by atoms with Crippen molar-refractivity contribution in [1.82, 2.24) is 58.2 Å². The second kappa shape index (κ2) is 36.8. The number of carbonyl (C=O) groups is 12. The average Bonchev–Trinajstić information content (AvgIpc) is 1.74. The standard InChI is InChI=1S/C63H82N16O16/c1-33(2)23-44(57(89)73-43(13-8-22-69-63(67)68)56(88)78-49(62(94)95)26-36-16-20-39(82)21-17-36)72-53(85)31-71-55(87)45(25-34-9-4-3-5-10-34)75-61(93)50(32-80)79-60(92)48(29-52(66)84)77-58(90)46(27-37-30-70-42-12-7-6-11-40(37)42)76-59(91)47(28-51(65)83)74-54(86)41(64)24-35-14-18-38(81)19-15-35/h3-7,9-12,14-21,30,33,41,43-50,70,80-82H,8,13,22-29,31-32,64H2,1-2H3,(H2,65,83)(H2,66,84)(H,71,87)(H,72,85)(H,73,89)(H,74,86)(H,75,93)(H,76,91)(H,77,90)(H,78,88)(H,79,92)(H,94,95)(H4,67,68,69)/t41-,43-,44-,45-,46-,47-,48-,49-,50-/m0/s1. The first kappa shape index (κ1) is 74.6. The van der Waals surface area contributed by atoms with Gasteiger partial charge in [0.25, 0.3) is 0 Å². The van der Waals surface area contributed by atoms with Gasteiger partial charge in [-0.05, 0) is 84.2 Å². The van der Waals surface area contributed by atoms with E-state index in [-0.39, 0.29) is 74.9 Å². The van der Waals surface area contributed by atoms with Gasteiger partial charge < -0.3 is 102 Å². The number of nitrogens with one attached hydrogen (secondary N) is 12. The zero-order valence-electron chi connectivity index (χ0n) is 52.1. The number of phenolic OH excluding ortho intramolecular Hbond substituents is 2. The number of primary amides is 2. The molecule has 11 amide bonds. The molecule has 0 spiro atoms. The number of fused-ring (bicyclic) bond motifs is 1. The van der Waals surface area contributed by atoms with Gasteiger partial charge in [-0.1, -0.05) is 86.6 Å². The van der Waals surface area contributed by atoms with E-state index in [0.29, 0.717) is 33.2 Å². The highest BCUT2D eigenvalue weighted by molar-refractivity contribution is 6.00. The van der Waals surface area contributed by atoms with Gasteiger partial charge >= 0.3 is 5.97 Å². The fourth-order valence-electron chi connectivity index (χ4n) is 9.80. The smallest absolute Gasteiger partial charge is 0.326 e. The summed E-state index contributed by atoms with van der Waals surface area (Å²) in [6.45, 7) is 1.63. The number of hydrogen-bond acceptors (Lipinski definition) is 17. The third kappa shape index (κ3) is 25.1. The van der Waals surface area contributed by atoms with Crippen molar-refractivity contribution in [2.24, 2.45) is 28.9 Å². The Hall–Kier alpha value is -11.2. The molecule has 1 aromatic heterocycles. The molecule has 95 heavy (non-hydrogen) atoms. The number of benzene rings is 4.